The molecule has 0 spiro atoms. The van der Waals surface area contributed by atoms with E-state index in [1.54, 1.807) is 0 Å². The highest BCUT2D eigenvalue weighted by Gasteiger charge is 1.98. The van der Waals surface area contributed by atoms with Gasteiger partial charge in [-0.15, -0.1) is 0 Å². The zero-order valence-electron chi connectivity index (χ0n) is 12.9. The van der Waals surface area contributed by atoms with E-state index < -0.39 is 0 Å². The zero-order chi connectivity index (χ0) is 14.9. The Morgan fingerprint density at radius 3 is 2.48 bits per heavy atom. The molecule has 0 fully saturated rings. The second-order valence-corrected chi connectivity index (χ2v) is 5.40. The lowest BCUT2D eigenvalue weighted by Gasteiger charge is -2.11. The van der Waals surface area contributed by atoms with Crippen molar-refractivity contribution >= 4 is 0 Å². The fourth-order valence-electron chi connectivity index (χ4n) is 2.02. The van der Waals surface area contributed by atoms with E-state index in [1.165, 1.54) is 11.1 Å². The minimum atomic E-state index is 0.609. The van der Waals surface area contributed by atoms with Crippen LogP contribution in [0.4, 0.5) is 0 Å². The molecule has 0 bridgehead atoms. The molecule has 0 aromatic heterocycles. The van der Waals surface area contributed by atoms with Crippen molar-refractivity contribution in [3.8, 4) is 5.75 Å². The molecule has 3 heteroatoms. The summed E-state index contributed by atoms with van der Waals surface area (Å²) >= 11 is 0. The Bertz CT molecular complexity index is 526. The molecular weight excluding hydrogens is 260 g/mol. The van der Waals surface area contributed by atoms with Crippen LogP contribution in [0.5, 0.6) is 5.75 Å². The summed E-state index contributed by atoms with van der Waals surface area (Å²) in [6.07, 6.45) is 0. The van der Waals surface area contributed by atoms with Gasteiger partial charge in [0.15, 0.2) is 0 Å². The predicted molar refractivity (Wildman–Crippen MR) is 87.5 cm³/mol. The summed E-state index contributed by atoms with van der Waals surface area (Å²) in [6, 6.07) is 18.5. The van der Waals surface area contributed by atoms with Gasteiger partial charge in [0.1, 0.15) is 12.4 Å². The van der Waals surface area contributed by atoms with E-state index in [2.05, 4.69) is 48.6 Å². The minimum absolute atomic E-state index is 0.609. The van der Waals surface area contributed by atoms with Gasteiger partial charge >= 0.3 is 0 Å². The smallest absolute Gasteiger partial charge is 0.120 e. The van der Waals surface area contributed by atoms with Crippen molar-refractivity contribution < 1.29 is 4.74 Å². The van der Waals surface area contributed by atoms with Crippen molar-refractivity contribution in [2.45, 2.75) is 13.2 Å². The van der Waals surface area contributed by atoms with Crippen LogP contribution in [-0.2, 0) is 13.2 Å². The first kappa shape index (κ1) is 15.5. The monoisotopic (exact) mass is 284 g/mol. The lowest BCUT2D eigenvalue weighted by Crippen LogP contribution is -2.26. The van der Waals surface area contributed by atoms with Crippen LogP contribution in [0.15, 0.2) is 54.6 Å². The topological polar surface area (TPSA) is 24.5 Å². The number of nitrogens with one attached hydrogen (secondary N) is 1. The molecule has 1 N–H and O–H groups in total. The summed E-state index contributed by atoms with van der Waals surface area (Å²) in [4.78, 5) is 2.17. The standard InChI is InChI=1S/C18H24N2O/c1-20(2)12-11-19-14-17-9-6-10-18(13-17)21-15-16-7-4-3-5-8-16/h3-10,13,19H,11-12,14-15H2,1-2H3. The molecule has 0 amide bonds. The molecule has 2 aromatic carbocycles. The van der Waals surface area contributed by atoms with Crippen molar-refractivity contribution in [3.63, 3.8) is 0 Å². The van der Waals surface area contributed by atoms with Crippen LogP contribution < -0.4 is 10.1 Å². The second-order valence-electron chi connectivity index (χ2n) is 5.40. The highest BCUT2D eigenvalue weighted by atomic mass is 16.5. The minimum Gasteiger partial charge on any atom is -0.489 e. The molecule has 0 saturated heterocycles. The van der Waals surface area contributed by atoms with Crippen molar-refractivity contribution in [2.75, 3.05) is 27.2 Å². The Morgan fingerprint density at radius 2 is 1.71 bits per heavy atom. The van der Waals surface area contributed by atoms with Gasteiger partial charge in [-0.25, -0.2) is 0 Å². The summed E-state index contributed by atoms with van der Waals surface area (Å²) in [6.45, 7) is 3.51. The van der Waals surface area contributed by atoms with Gasteiger partial charge in [0.05, 0.1) is 0 Å². The Balaban J connectivity index is 1.80. The lowest BCUT2D eigenvalue weighted by molar-refractivity contribution is 0.306. The molecule has 0 radical (unpaired) electrons. The SMILES string of the molecule is CN(C)CCNCc1cccc(OCc2ccccc2)c1. The third-order valence-corrected chi connectivity index (χ3v) is 3.21. The maximum Gasteiger partial charge on any atom is 0.120 e. The van der Waals surface area contributed by atoms with Gasteiger partial charge in [0.2, 0.25) is 0 Å². The van der Waals surface area contributed by atoms with Crippen molar-refractivity contribution in [2.24, 2.45) is 0 Å². The van der Waals surface area contributed by atoms with Crippen LogP contribution in [0.25, 0.3) is 0 Å². The molecule has 3 nitrogen and oxygen atoms in total. The normalized spacial score (nSPS) is 10.8. The third kappa shape index (κ3) is 5.98. The Morgan fingerprint density at radius 1 is 0.952 bits per heavy atom. The fraction of sp³-hybridized carbons (Fsp3) is 0.333. The van der Waals surface area contributed by atoms with Gasteiger partial charge in [0, 0.05) is 19.6 Å². The summed E-state index contributed by atoms with van der Waals surface area (Å²) in [5.41, 5.74) is 2.44. The predicted octanol–water partition coefficient (Wildman–Crippen LogP) is 2.92. The maximum atomic E-state index is 5.84. The summed E-state index contributed by atoms with van der Waals surface area (Å²) in [5, 5.41) is 3.44. The number of likely N-dealkylation sites (N-methyl/N-ethyl adjacent to an activating group) is 1. The molecule has 0 atom stereocenters. The van der Waals surface area contributed by atoms with E-state index in [1.807, 2.05) is 30.3 Å². The van der Waals surface area contributed by atoms with E-state index in [4.69, 9.17) is 4.74 Å². The van der Waals surface area contributed by atoms with Crippen LogP contribution in [0, 0.1) is 0 Å². The number of hydrogen-bond donors (Lipinski definition) is 1. The van der Waals surface area contributed by atoms with E-state index in [0.717, 1.165) is 25.4 Å². The first-order valence-corrected chi connectivity index (χ1v) is 7.35. The first-order chi connectivity index (χ1) is 10.2. The highest BCUT2D eigenvalue weighted by Crippen LogP contribution is 2.15. The molecular formula is C18H24N2O. The van der Waals surface area contributed by atoms with Crippen molar-refractivity contribution in [1.82, 2.24) is 10.2 Å². The molecule has 0 aliphatic rings. The average Bonchev–Trinajstić information content (AvgIpc) is 2.51. The van der Waals surface area contributed by atoms with Crippen LogP contribution >= 0.6 is 0 Å². The molecule has 0 saturated carbocycles. The zero-order valence-corrected chi connectivity index (χ0v) is 12.9. The second kappa shape index (κ2) is 8.45. The molecule has 0 heterocycles. The van der Waals surface area contributed by atoms with Gasteiger partial charge in [-0.2, -0.15) is 0 Å². The summed E-state index contributed by atoms with van der Waals surface area (Å²) < 4.78 is 5.84. The maximum absolute atomic E-state index is 5.84. The van der Waals surface area contributed by atoms with Gasteiger partial charge in [0.25, 0.3) is 0 Å². The summed E-state index contributed by atoms with van der Waals surface area (Å²) in [7, 11) is 4.17. The third-order valence-electron chi connectivity index (χ3n) is 3.21. The lowest BCUT2D eigenvalue weighted by atomic mass is 10.2. The number of rotatable bonds is 8. The molecule has 2 aromatic rings. The average molecular weight is 284 g/mol. The van der Waals surface area contributed by atoms with Gasteiger partial charge in [-0.05, 0) is 37.4 Å². The molecule has 0 unspecified atom stereocenters. The van der Waals surface area contributed by atoms with E-state index in [-0.39, 0.29) is 0 Å². The van der Waals surface area contributed by atoms with Gasteiger partial charge < -0.3 is 15.0 Å². The molecule has 112 valence electrons. The highest BCUT2D eigenvalue weighted by molar-refractivity contribution is 5.29. The van der Waals surface area contributed by atoms with E-state index >= 15 is 0 Å². The molecule has 21 heavy (non-hydrogen) atoms. The number of benzene rings is 2. The van der Waals surface area contributed by atoms with Gasteiger partial charge in [-0.3, -0.25) is 0 Å². The molecule has 0 aliphatic heterocycles. The summed E-state index contributed by atoms with van der Waals surface area (Å²) in [5.74, 6) is 0.922. The van der Waals surface area contributed by atoms with Crippen LogP contribution in [0.1, 0.15) is 11.1 Å². The quantitative estimate of drug-likeness (QED) is 0.754. The van der Waals surface area contributed by atoms with E-state index in [9.17, 15) is 0 Å². The van der Waals surface area contributed by atoms with Crippen LogP contribution in [0.2, 0.25) is 0 Å². The molecule has 2 rings (SSSR count). The number of nitrogens with zero attached hydrogens (tertiary/aromatic N) is 1. The van der Waals surface area contributed by atoms with Crippen molar-refractivity contribution in [1.29, 1.82) is 0 Å². The van der Waals surface area contributed by atoms with Gasteiger partial charge in [-0.1, -0.05) is 42.5 Å². The Hall–Kier alpha value is -1.84. The number of ether oxygens (including phenoxy) is 1. The van der Waals surface area contributed by atoms with Crippen LogP contribution in [-0.4, -0.2) is 32.1 Å². The number of hydrogen-bond acceptors (Lipinski definition) is 3. The molecule has 0 aliphatic carbocycles. The van der Waals surface area contributed by atoms with Crippen LogP contribution in [0.3, 0.4) is 0 Å². The first-order valence-electron chi connectivity index (χ1n) is 7.35. The largest absolute Gasteiger partial charge is 0.489 e. The Kier molecular flexibility index (Phi) is 6.25. The van der Waals surface area contributed by atoms with Crippen molar-refractivity contribution in [3.05, 3.63) is 65.7 Å². The van der Waals surface area contributed by atoms with E-state index in [0.29, 0.717) is 6.61 Å². The Labute approximate surface area is 127 Å². The fourth-order valence-corrected chi connectivity index (χ4v) is 2.02.